The predicted octanol–water partition coefficient (Wildman–Crippen LogP) is 8.69. The van der Waals surface area contributed by atoms with Crippen molar-refractivity contribution in [2.45, 2.75) is 146 Å². The normalized spacial score (nSPS) is 25.7. The van der Waals surface area contributed by atoms with Gasteiger partial charge in [-0.1, -0.05) is 52.0 Å². The Morgan fingerprint density at radius 1 is 0.696 bits per heavy atom. The van der Waals surface area contributed by atoms with Gasteiger partial charge in [-0.2, -0.15) is 0 Å². The fraction of sp³-hybridized carbons (Fsp3) is 0.585. The number of benzene rings is 2. The third-order valence-electron chi connectivity index (χ3n) is 16.8. The number of aromatic nitrogens is 4. The van der Waals surface area contributed by atoms with Gasteiger partial charge in [0.05, 0.1) is 69.8 Å². The van der Waals surface area contributed by atoms with E-state index in [-0.39, 0.29) is 42.7 Å². The molecule has 16 heteroatoms. The van der Waals surface area contributed by atoms with E-state index in [1.165, 1.54) is 84.4 Å². The highest BCUT2D eigenvalue weighted by atomic mass is 16.7. The zero-order valence-corrected chi connectivity index (χ0v) is 40.7. The Morgan fingerprint density at radius 2 is 1.20 bits per heavy atom. The number of aromatic amines is 2. The summed E-state index contributed by atoms with van der Waals surface area (Å²) in [6.45, 7) is 9.65. The van der Waals surface area contributed by atoms with E-state index < -0.39 is 36.1 Å². The van der Waals surface area contributed by atoms with Gasteiger partial charge < -0.3 is 49.3 Å². The van der Waals surface area contributed by atoms with E-state index in [0.29, 0.717) is 55.7 Å². The van der Waals surface area contributed by atoms with E-state index in [1.54, 1.807) is 0 Å². The van der Waals surface area contributed by atoms with Crippen molar-refractivity contribution >= 4 is 24.0 Å². The number of ether oxygens (including phenoxy) is 4. The summed E-state index contributed by atoms with van der Waals surface area (Å²) in [6.07, 6.45) is 12.0. The number of carbonyl (C=O) groups is 4. The van der Waals surface area contributed by atoms with E-state index in [9.17, 15) is 19.2 Å². The van der Waals surface area contributed by atoms with Crippen LogP contribution in [-0.4, -0.2) is 112 Å². The highest BCUT2D eigenvalue weighted by molar-refractivity contribution is 5.87. The molecule has 11 rings (SSSR count). The monoisotopic (exact) mass is 943 g/mol. The first-order chi connectivity index (χ1) is 33.3. The SMILES string of the molecule is COC(=O)NC(CC(=O)N1CC2(CC1c1ncc(-c3ccc(-c4ccc(-c5cnc(C6CCCN6C(=O)C(NC(=O)OC)C(C)C)[nH]5)c5c4C4CCC5C4)c4c3C3CCC4C3)[nH]1)OCCO2)C(C)C. The summed E-state index contributed by atoms with van der Waals surface area (Å²) in [5.41, 5.74) is 12.9. The second-order valence-electron chi connectivity index (χ2n) is 21.3. The maximum Gasteiger partial charge on any atom is 0.407 e. The number of rotatable bonds is 12. The lowest BCUT2D eigenvalue weighted by Crippen LogP contribution is -2.51. The predicted molar refractivity (Wildman–Crippen MR) is 256 cm³/mol. The molecule has 2 aromatic heterocycles. The molecule has 366 valence electrons. The number of likely N-dealkylation sites (tertiary alicyclic amines) is 2. The van der Waals surface area contributed by atoms with Crippen molar-refractivity contribution in [3.05, 3.63) is 70.6 Å². The smallest absolute Gasteiger partial charge is 0.407 e. The van der Waals surface area contributed by atoms with Gasteiger partial charge in [0.2, 0.25) is 11.8 Å². The van der Waals surface area contributed by atoms with Gasteiger partial charge in [0.25, 0.3) is 0 Å². The Bertz CT molecular complexity index is 2670. The van der Waals surface area contributed by atoms with Crippen LogP contribution in [0.15, 0.2) is 36.7 Å². The Kier molecular flexibility index (Phi) is 11.9. The van der Waals surface area contributed by atoms with Crippen molar-refractivity contribution in [3.8, 4) is 33.6 Å². The molecule has 3 aliphatic heterocycles. The minimum atomic E-state index is -0.895. The van der Waals surface area contributed by atoms with Crippen LogP contribution in [0.5, 0.6) is 0 Å². The molecule has 4 bridgehead atoms. The van der Waals surface area contributed by atoms with Crippen molar-refractivity contribution in [2.24, 2.45) is 11.8 Å². The van der Waals surface area contributed by atoms with E-state index in [2.05, 4.69) is 44.9 Å². The molecule has 3 saturated heterocycles. The zero-order chi connectivity index (χ0) is 47.9. The Hall–Kier alpha value is -5.74. The molecule has 7 aliphatic rings. The number of hydrogen-bond donors (Lipinski definition) is 4. The Labute approximate surface area is 403 Å². The minimum Gasteiger partial charge on any atom is -0.453 e. The molecule has 5 fully saturated rings. The van der Waals surface area contributed by atoms with Gasteiger partial charge in [-0.25, -0.2) is 19.6 Å². The number of hydrogen-bond acceptors (Lipinski definition) is 10. The molecule has 0 radical (unpaired) electrons. The van der Waals surface area contributed by atoms with Crippen LogP contribution in [0.25, 0.3) is 33.6 Å². The van der Waals surface area contributed by atoms with Gasteiger partial charge in [-0.15, -0.1) is 0 Å². The Balaban J connectivity index is 0.900. The lowest BCUT2D eigenvalue weighted by Gasteiger charge is -2.30. The number of H-pyrrole nitrogens is 2. The Morgan fingerprint density at radius 3 is 1.72 bits per heavy atom. The lowest BCUT2D eigenvalue weighted by atomic mass is 9.78. The van der Waals surface area contributed by atoms with Gasteiger partial charge in [0.15, 0.2) is 5.79 Å². The molecule has 5 heterocycles. The third-order valence-corrected chi connectivity index (χ3v) is 16.8. The van der Waals surface area contributed by atoms with Crippen molar-refractivity contribution in [1.29, 1.82) is 0 Å². The first-order valence-electron chi connectivity index (χ1n) is 25.4. The molecule has 69 heavy (non-hydrogen) atoms. The quantitative estimate of drug-likeness (QED) is 0.107. The van der Waals surface area contributed by atoms with Crippen LogP contribution in [0.4, 0.5) is 9.59 Å². The summed E-state index contributed by atoms with van der Waals surface area (Å²) in [6, 6.07) is 7.63. The average Bonchev–Trinajstić information content (AvgIpc) is 4.21. The molecule has 16 nitrogen and oxygen atoms in total. The second-order valence-corrected chi connectivity index (χ2v) is 21.3. The third kappa shape index (κ3) is 7.89. The van der Waals surface area contributed by atoms with Gasteiger partial charge in [0, 0.05) is 36.6 Å². The largest absolute Gasteiger partial charge is 0.453 e. The highest BCUT2D eigenvalue weighted by Gasteiger charge is 2.52. The van der Waals surface area contributed by atoms with Crippen LogP contribution in [0.1, 0.15) is 162 Å². The maximum absolute atomic E-state index is 14.2. The van der Waals surface area contributed by atoms with Gasteiger partial charge >= 0.3 is 12.2 Å². The van der Waals surface area contributed by atoms with Crippen LogP contribution in [-0.2, 0) is 28.5 Å². The fourth-order valence-corrected chi connectivity index (χ4v) is 13.5. The van der Waals surface area contributed by atoms with Crippen molar-refractivity contribution in [3.63, 3.8) is 0 Å². The average molecular weight is 943 g/mol. The summed E-state index contributed by atoms with van der Waals surface area (Å²) < 4.78 is 22.1. The maximum atomic E-state index is 14.2. The van der Waals surface area contributed by atoms with Crippen LogP contribution >= 0.6 is 0 Å². The molecule has 8 unspecified atom stereocenters. The van der Waals surface area contributed by atoms with E-state index in [1.807, 2.05) is 49.9 Å². The molecule has 8 atom stereocenters. The minimum absolute atomic E-state index is 0.00736. The summed E-state index contributed by atoms with van der Waals surface area (Å²) in [5, 5.41) is 5.61. The van der Waals surface area contributed by atoms with Crippen molar-refractivity contribution < 1.29 is 38.1 Å². The van der Waals surface area contributed by atoms with Crippen molar-refractivity contribution in [2.75, 3.05) is 40.5 Å². The standard InChI is InChI=1S/C53H66N8O8/c1-27(2)37(58-51(64)66-5)22-42(62)61-26-53(68-18-19-69-53)23-41(61)49-55-25-39(57-49)36-16-14-34(44-30-10-12-32(21-30)46(36)44)33-13-15-35(45-31-11-9-29(20-31)43(33)45)38-24-54-48(56-38)40-8-7-17-60(40)50(63)47(28(3)4)59-52(65)67-6/h13-16,24-25,27-32,37,40-41,47H,7-12,17-23,26H2,1-6H3,(H,54,56)(H,55,57)(H,58,64)(H,59,65). The van der Waals surface area contributed by atoms with E-state index >= 15 is 0 Å². The van der Waals surface area contributed by atoms with Crippen LogP contribution < -0.4 is 10.6 Å². The summed E-state index contributed by atoms with van der Waals surface area (Å²) in [5.74, 6) is 2.22. The molecular formula is C53H66N8O8. The molecule has 4 amide bonds. The summed E-state index contributed by atoms with van der Waals surface area (Å²) in [7, 11) is 2.64. The molecule has 2 aromatic carbocycles. The molecule has 4 aliphatic carbocycles. The first-order valence-corrected chi connectivity index (χ1v) is 25.4. The molecule has 4 N–H and O–H groups in total. The van der Waals surface area contributed by atoms with Crippen LogP contribution in [0, 0.1) is 11.8 Å². The van der Waals surface area contributed by atoms with Crippen LogP contribution in [0.3, 0.4) is 0 Å². The second kappa shape index (κ2) is 17.9. The van der Waals surface area contributed by atoms with Gasteiger partial charge in [-0.05, 0) is 120 Å². The zero-order valence-electron chi connectivity index (χ0n) is 40.7. The number of fused-ring (bicyclic) bond motifs is 10. The molecule has 1 spiro atoms. The van der Waals surface area contributed by atoms with E-state index in [4.69, 9.17) is 28.9 Å². The lowest BCUT2D eigenvalue weighted by molar-refractivity contribution is -0.152. The number of alkyl carbamates (subject to hydrolysis) is 2. The summed E-state index contributed by atoms with van der Waals surface area (Å²) in [4.78, 5) is 73.5. The molecular weight excluding hydrogens is 877 g/mol. The summed E-state index contributed by atoms with van der Waals surface area (Å²) >= 11 is 0. The molecule has 2 saturated carbocycles. The highest BCUT2D eigenvalue weighted by Crippen LogP contribution is 2.62. The number of methoxy groups -OCH3 is 2. The van der Waals surface area contributed by atoms with Crippen LogP contribution in [0.2, 0.25) is 0 Å². The number of nitrogens with zero attached hydrogens (tertiary/aromatic N) is 4. The van der Waals surface area contributed by atoms with Gasteiger partial charge in [0.1, 0.15) is 17.7 Å². The first kappa shape index (κ1) is 45.7. The van der Waals surface area contributed by atoms with Crippen molar-refractivity contribution in [1.82, 2.24) is 40.4 Å². The van der Waals surface area contributed by atoms with Gasteiger partial charge in [-0.3, -0.25) is 9.59 Å². The fourth-order valence-electron chi connectivity index (χ4n) is 13.5. The number of amides is 4. The van der Waals surface area contributed by atoms with E-state index in [0.717, 1.165) is 42.9 Å². The number of carbonyl (C=O) groups excluding carboxylic acids is 4. The number of nitrogens with one attached hydrogen (secondary N) is 4. The number of imidazole rings is 2. The molecule has 4 aromatic rings. The topological polar surface area (TPSA) is 193 Å².